The quantitative estimate of drug-likeness (QED) is 0.709. The van der Waals surface area contributed by atoms with Gasteiger partial charge < -0.3 is 0 Å². The van der Waals surface area contributed by atoms with Crippen LogP contribution in [-0.4, -0.2) is 10.2 Å². The second kappa shape index (κ2) is 4.26. The molecule has 1 saturated carbocycles. The molecule has 0 bridgehead atoms. The summed E-state index contributed by atoms with van der Waals surface area (Å²) < 4.78 is 0. The molecular weight excluding hydrogens is 196 g/mol. The summed E-state index contributed by atoms with van der Waals surface area (Å²) in [7, 11) is 0. The topological polar surface area (TPSA) is 25.8 Å². The van der Waals surface area contributed by atoms with Crippen LogP contribution in [0.4, 0.5) is 0 Å². The highest BCUT2D eigenvalue weighted by Crippen LogP contribution is 2.35. The van der Waals surface area contributed by atoms with Crippen LogP contribution in [0.2, 0.25) is 5.15 Å². The van der Waals surface area contributed by atoms with Gasteiger partial charge in [0.15, 0.2) is 5.15 Å². The van der Waals surface area contributed by atoms with E-state index in [0.29, 0.717) is 11.1 Å². The zero-order valence-electron chi connectivity index (χ0n) is 8.46. The number of aryl methyl sites for hydroxylation is 1. The lowest BCUT2D eigenvalue weighted by molar-refractivity contribution is 0.442. The van der Waals surface area contributed by atoms with Crippen molar-refractivity contribution in [1.29, 1.82) is 0 Å². The van der Waals surface area contributed by atoms with Crippen molar-refractivity contribution in [3.05, 3.63) is 22.5 Å². The summed E-state index contributed by atoms with van der Waals surface area (Å²) in [6.07, 6.45) is 6.52. The standard InChI is InChI=1S/C11H15ClN2/c1-8-7-10(11(12)14-13-8)9-5-3-2-4-6-9/h7,9H,2-6H2,1H3. The summed E-state index contributed by atoms with van der Waals surface area (Å²) in [6, 6.07) is 2.09. The number of aromatic nitrogens is 2. The van der Waals surface area contributed by atoms with Crippen LogP contribution in [0.1, 0.15) is 49.3 Å². The highest BCUT2D eigenvalue weighted by molar-refractivity contribution is 6.30. The Morgan fingerprint density at radius 3 is 2.64 bits per heavy atom. The average molecular weight is 211 g/mol. The second-order valence-electron chi connectivity index (χ2n) is 4.07. The van der Waals surface area contributed by atoms with E-state index in [1.165, 1.54) is 37.7 Å². The van der Waals surface area contributed by atoms with Gasteiger partial charge in [0.2, 0.25) is 0 Å². The molecule has 1 aliphatic rings. The molecular formula is C11H15ClN2. The van der Waals surface area contributed by atoms with E-state index in [9.17, 15) is 0 Å². The molecule has 0 unspecified atom stereocenters. The normalized spacial score (nSPS) is 18.4. The lowest BCUT2D eigenvalue weighted by Crippen LogP contribution is -2.07. The molecule has 0 radical (unpaired) electrons. The maximum atomic E-state index is 6.06. The fraction of sp³-hybridized carbons (Fsp3) is 0.636. The summed E-state index contributed by atoms with van der Waals surface area (Å²) in [5.74, 6) is 0.616. The first-order valence-electron chi connectivity index (χ1n) is 5.27. The van der Waals surface area contributed by atoms with Crippen LogP contribution in [0.25, 0.3) is 0 Å². The predicted molar refractivity (Wildman–Crippen MR) is 57.6 cm³/mol. The van der Waals surface area contributed by atoms with Gasteiger partial charge in [0.05, 0.1) is 5.69 Å². The maximum absolute atomic E-state index is 6.06. The predicted octanol–water partition coefficient (Wildman–Crippen LogP) is 3.49. The smallest absolute Gasteiger partial charge is 0.154 e. The van der Waals surface area contributed by atoms with Gasteiger partial charge in [-0.3, -0.25) is 0 Å². The van der Waals surface area contributed by atoms with E-state index in [2.05, 4.69) is 16.3 Å². The fourth-order valence-corrected chi connectivity index (χ4v) is 2.44. The number of nitrogens with zero attached hydrogens (tertiary/aromatic N) is 2. The zero-order chi connectivity index (χ0) is 9.97. The first-order chi connectivity index (χ1) is 6.77. The molecule has 1 aromatic heterocycles. The Hall–Kier alpha value is -0.630. The number of halogens is 1. The van der Waals surface area contributed by atoms with Crippen molar-refractivity contribution in [2.24, 2.45) is 0 Å². The van der Waals surface area contributed by atoms with Gasteiger partial charge in [0.25, 0.3) is 0 Å². The molecule has 1 aromatic rings. The van der Waals surface area contributed by atoms with E-state index in [-0.39, 0.29) is 0 Å². The molecule has 14 heavy (non-hydrogen) atoms. The Balaban J connectivity index is 2.24. The third kappa shape index (κ3) is 2.06. The summed E-state index contributed by atoms with van der Waals surface area (Å²) in [5.41, 5.74) is 2.17. The van der Waals surface area contributed by atoms with Crippen molar-refractivity contribution in [3.63, 3.8) is 0 Å². The molecule has 1 fully saturated rings. The Kier molecular flexibility index (Phi) is 3.02. The van der Waals surface area contributed by atoms with Gasteiger partial charge in [-0.1, -0.05) is 30.9 Å². The van der Waals surface area contributed by atoms with Gasteiger partial charge in [-0.25, -0.2) is 0 Å². The maximum Gasteiger partial charge on any atom is 0.155 e. The minimum absolute atomic E-state index is 0.600. The van der Waals surface area contributed by atoms with E-state index < -0.39 is 0 Å². The van der Waals surface area contributed by atoms with Crippen molar-refractivity contribution in [3.8, 4) is 0 Å². The van der Waals surface area contributed by atoms with E-state index in [1.807, 2.05) is 6.92 Å². The highest BCUT2D eigenvalue weighted by Gasteiger charge is 2.18. The minimum atomic E-state index is 0.600. The molecule has 1 heterocycles. The Morgan fingerprint density at radius 2 is 1.93 bits per heavy atom. The van der Waals surface area contributed by atoms with Gasteiger partial charge in [0.1, 0.15) is 0 Å². The monoisotopic (exact) mass is 210 g/mol. The molecule has 0 atom stereocenters. The number of rotatable bonds is 1. The zero-order valence-corrected chi connectivity index (χ0v) is 9.22. The van der Waals surface area contributed by atoms with E-state index >= 15 is 0 Å². The molecule has 0 amide bonds. The van der Waals surface area contributed by atoms with Crippen LogP contribution in [0, 0.1) is 6.92 Å². The first kappa shape index (κ1) is 9.91. The molecule has 0 aliphatic heterocycles. The van der Waals surface area contributed by atoms with Crippen molar-refractivity contribution >= 4 is 11.6 Å². The number of hydrogen-bond donors (Lipinski definition) is 0. The van der Waals surface area contributed by atoms with Crippen LogP contribution < -0.4 is 0 Å². The summed E-state index contributed by atoms with van der Waals surface area (Å²) in [4.78, 5) is 0. The Morgan fingerprint density at radius 1 is 1.21 bits per heavy atom. The van der Waals surface area contributed by atoms with Crippen molar-refractivity contribution in [2.75, 3.05) is 0 Å². The molecule has 0 saturated heterocycles. The molecule has 2 nitrogen and oxygen atoms in total. The minimum Gasteiger partial charge on any atom is -0.154 e. The summed E-state index contributed by atoms with van der Waals surface area (Å²) in [6.45, 7) is 1.97. The highest BCUT2D eigenvalue weighted by atomic mass is 35.5. The third-order valence-corrected chi connectivity index (χ3v) is 3.24. The average Bonchev–Trinajstić information content (AvgIpc) is 2.23. The van der Waals surface area contributed by atoms with Gasteiger partial charge in [0, 0.05) is 0 Å². The van der Waals surface area contributed by atoms with Crippen molar-refractivity contribution in [1.82, 2.24) is 10.2 Å². The second-order valence-corrected chi connectivity index (χ2v) is 4.42. The van der Waals surface area contributed by atoms with Gasteiger partial charge in [-0.15, -0.1) is 5.10 Å². The van der Waals surface area contributed by atoms with Crippen molar-refractivity contribution < 1.29 is 0 Å². The molecule has 1 aliphatic carbocycles. The van der Waals surface area contributed by atoms with Crippen LogP contribution >= 0.6 is 11.6 Å². The molecule has 76 valence electrons. The molecule has 0 aromatic carbocycles. The van der Waals surface area contributed by atoms with Crippen LogP contribution in [-0.2, 0) is 0 Å². The molecule has 0 N–H and O–H groups in total. The van der Waals surface area contributed by atoms with Crippen LogP contribution in [0.3, 0.4) is 0 Å². The van der Waals surface area contributed by atoms with E-state index in [4.69, 9.17) is 11.6 Å². The summed E-state index contributed by atoms with van der Waals surface area (Å²) >= 11 is 6.06. The fourth-order valence-electron chi connectivity index (χ4n) is 2.19. The largest absolute Gasteiger partial charge is 0.155 e. The molecule has 0 spiro atoms. The van der Waals surface area contributed by atoms with Gasteiger partial charge >= 0.3 is 0 Å². The van der Waals surface area contributed by atoms with Crippen LogP contribution in [0.15, 0.2) is 6.07 Å². The van der Waals surface area contributed by atoms with Gasteiger partial charge in [-0.2, -0.15) is 5.10 Å². The third-order valence-electron chi connectivity index (χ3n) is 2.94. The molecule has 3 heteroatoms. The lowest BCUT2D eigenvalue weighted by atomic mass is 9.85. The van der Waals surface area contributed by atoms with E-state index in [0.717, 1.165) is 5.69 Å². The Bertz CT molecular complexity index is 319. The number of hydrogen-bond acceptors (Lipinski definition) is 2. The van der Waals surface area contributed by atoms with Gasteiger partial charge in [-0.05, 0) is 37.3 Å². The van der Waals surface area contributed by atoms with Crippen LogP contribution in [0.5, 0.6) is 0 Å². The van der Waals surface area contributed by atoms with Crippen molar-refractivity contribution in [2.45, 2.75) is 44.9 Å². The van der Waals surface area contributed by atoms with E-state index in [1.54, 1.807) is 0 Å². The first-order valence-corrected chi connectivity index (χ1v) is 5.65. The SMILES string of the molecule is Cc1cc(C2CCCCC2)c(Cl)nn1. The summed E-state index contributed by atoms with van der Waals surface area (Å²) in [5, 5.41) is 8.52. The Labute approximate surface area is 89.7 Å². The lowest BCUT2D eigenvalue weighted by Gasteiger charge is -2.22. The molecule has 2 rings (SSSR count).